The lowest BCUT2D eigenvalue weighted by Gasteiger charge is -2.15. The van der Waals surface area contributed by atoms with Crippen LogP contribution in [0.1, 0.15) is 25.3 Å². The van der Waals surface area contributed by atoms with Gasteiger partial charge in [-0.2, -0.15) is 0 Å². The molecule has 0 saturated heterocycles. The normalized spacial score (nSPS) is 11.5. The highest BCUT2D eigenvalue weighted by Gasteiger charge is 2.07. The summed E-state index contributed by atoms with van der Waals surface area (Å²) in [6, 6.07) is 14.7. The minimum absolute atomic E-state index is 0.118. The van der Waals surface area contributed by atoms with Crippen molar-refractivity contribution in [3.63, 3.8) is 0 Å². The van der Waals surface area contributed by atoms with E-state index in [0.29, 0.717) is 5.92 Å². The van der Waals surface area contributed by atoms with E-state index in [-0.39, 0.29) is 4.90 Å². The number of hydrogen-bond donors (Lipinski definition) is 3. The summed E-state index contributed by atoms with van der Waals surface area (Å²) < 4.78 is 22.4. The molecule has 0 bridgehead atoms. The second kappa shape index (κ2) is 7.48. The number of para-hydroxylation sites is 1. The van der Waals surface area contributed by atoms with Crippen LogP contribution in [0.15, 0.2) is 53.4 Å². The van der Waals surface area contributed by atoms with Crippen molar-refractivity contribution in [3.8, 4) is 0 Å². The summed E-state index contributed by atoms with van der Waals surface area (Å²) in [6.07, 6.45) is 0. The maximum atomic E-state index is 11.2. The molecule has 0 aromatic heterocycles. The number of sulfonamides is 1. The van der Waals surface area contributed by atoms with E-state index < -0.39 is 10.0 Å². The Kier molecular flexibility index (Phi) is 5.63. The van der Waals surface area contributed by atoms with Crippen LogP contribution in [-0.4, -0.2) is 21.5 Å². The van der Waals surface area contributed by atoms with E-state index in [2.05, 4.69) is 36.6 Å². The van der Waals surface area contributed by atoms with Crippen molar-refractivity contribution in [1.29, 1.82) is 0 Å². The SMILES string of the molecule is CC(C)c1ccccc1NCCNc1ccc(S(N)(=O)=O)cc1. The van der Waals surface area contributed by atoms with Crippen molar-refractivity contribution in [2.45, 2.75) is 24.7 Å². The Hall–Kier alpha value is -2.05. The lowest BCUT2D eigenvalue weighted by molar-refractivity contribution is 0.598. The standard InChI is InChI=1S/C17H23N3O2S/c1-13(2)16-5-3-4-6-17(16)20-12-11-19-14-7-9-15(10-8-14)23(18,21)22/h3-10,13,19-20H,11-12H2,1-2H3,(H2,18,21,22). The Morgan fingerprint density at radius 2 is 1.57 bits per heavy atom. The third-order valence-corrected chi connectivity index (χ3v) is 4.46. The van der Waals surface area contributed by atoms with Crippen LogP contribution in [0.25, 0.3) is 0 Å². The van der Waals surface area contributed by atoms with E-state index in [9.17, 15) is 8.42 Å². The zero-order valence-electron chi connectivity index (χ0n) is 13.4. The molecule has 0 saturated carbocycles. The summed E-state index contributed by atoms with van der Waals surface area (Å²) in [6.45, 7) is 5.83. The van der Waals surface area contributed by atoms with E-state index in [0.717, 1.165) is 24.5 Å². The van der Waals surface area contributed by atoms with Gasteiger partial charge in [-0.3, -0.25) is 0 Å². The van der Waals surface area contributed by atoms with Gasteiger partial charge in [0.1, 0.15) is 0 Å². The quantitative estimate of drug-likeness (QED) is 0.680. The predicted octanol–water partition coefficient (Wildman–Crippen LogP) is 2.98. The highest BCUT2D eigenvalue weighted by Crippen LogP contribution is 2.23. The Morgan fingerprint density at radius 1 is 0.957 bits per heavy atom. The van der Waals surface area contributed by atoms with Crippen molar-refractivity contribution in [2.75, 3.05) is 23.7 Å². The van der Waals surface area contributed by atoms with Gasteiger partial charge in [-0.15, -0.1) is 0 Å². The molecule has 23 heavy (non-hydrogen) atoms. The lowest BCUT2D eigenvalue weighted by atomic mass is 10.0. The zero-order valence-corrected chi connectivity index (χ0v) is 14.2. The molecule has 4 N–H and O–H groups in total. The van der Waals surface area contributed by atoms with Gasteiger partial charge in [0.2, 0.25) is 10.0 Å². The fourth-order valence-corrected chi connectivity index (χ4v) is 2.84. The molecule has 6 heteroatoms. The second-order valence-electron chi connectivity index (χ2n) is 5.66. The molecule has 0 amide bonds. The third kappa shape index (κ3) is 4.97. The number of nitrogens with two attached hydrogens (primary N) is 1. The first-order valence-electron chi connectivity index (χ1n) is 7.57. The van der Waals surface area contributed by atoms with Crippen LogP contribution < -0.4 is 15.8 Å². The minimum Gasteiger partial charge on any atom is -0.383 e. The molecule has 2 aromatic rings. The predicted molar refractivity (Wildman–Crippen MR) is 95.3 cm³/mol. The highest BCUT2D eigenvalue weighted by molar-refractivity contribution is 7.89. The lowest BCUT2D eigenvalue weighted by Crippen LogP contribution is -2.15. The minimum atomic E-state index is -3.63. The molecule has 0 aliphatic heterocycles. The maximum Gasteiger partial charge on any atom is 0.238 e. The number of benzene rings is 2. The molecule has 2 aromatic carbocycles. The molecule has 0 aliphatic rings. The Morgan fingerprint density at radius 3 is 2.17 bits per heavy atom. The van der Waals surface area contributed by atoms with Gasteiger partial charge in [0.15, 0.2) is 0 Å². The summed E-state index contributed by atoms with van der Waals surface area (Å²) in [5, 5.41) is 11.7. The van der Waals surface area contributed by atoms with Gasteiger partial charge < -0.3 is 10.6 Å². The average molecular weight is 333 g/mol. The smallest absolute Gasteiger partial charge is 0.238 e. The van der Waals surface area contributed by atoms with Crippen LogP contribution in [0.4, 0.5) is 11.4 Å². The molecule has 0 fully saturated rings. The number of hydrogen-bond acceptors (Lipinski definition) is 4. The van der Waals surface area contributed by atoms with Crippen LogP contribution in [0.2, 0.25) is 0 Å². The van der Waals surface area contributed by atoms with Crippen molar-refractivity contribution in [3.05, 3.63) is 54.1 Å². The third-order valence-electron chi connectivity index (χ3n) is 3.54. The van der Waals surface area contributed by atoms with Crippen molar-refractivity contribution in [1.82, 2.24) is 0 Å². The second-order valence-corrected chi connectivity index (χ2v) is 7.23. The molecular weight excluding hydrogens is 310 g/mol. The monoisotopic (exact) mass is 333 g/mol. The average Bonchev–Trinajstić information content (AvgIpc) is 2.51. The first-order valence-corrected chi connectivity index (χ1v) is 9.12. The molecule has 5 nitrogen and oxygen atoms in total. The molecule has 0 spiro atoms. The van der Waals surface area contributed by atoms with Crippen molar-refractivity contribution < 1.29 is 8.42 Å². The van der Waals surface area contributed by atoms with E-state index in [1.54, 1.807) is 12.1 Å². The maximum absolute atomic E-state index is 11.2. The Bertz CT molecular complexity index is 741. The molecule has 0 atom stereocenters. The van der Waals surface area contributed by atoms with E-state index in [4.69, 9.17) is 5.14 Å². The van der Waals surface area contributed by atoms with Crippen molar-refractivity contribution >= 4 is 21.4 Å². The molecule has 2 rings (SSSR count). The first kappa shape index (κ1) is 17.3. The summed E-state index contributed by atoms with van der Waals surface area (Å²) in [5.74, 6) is 0.470. The number of primary sulfonamides is 1. The van der Waals surface area contributed by atoms with Crippen LogP contribution in [0.3, 0.4) is 0 Å². The first-order chi connectivity index (χ1) is 10.9. The fraction of sp³-hybridized carbons (Fsp3) is 0.294. The van der Waals surface area contributed by atoms with Gasteiger partial charge in [0, 0.05) is 24.5 Å². The number of nitrogens with one attached hydrogen (secondary N) is 2. The molecule has 124 valence electrons. The molecular formula is C17H23N3O2S. The number of rotatable bonds is 7. The topological polar surface area (TPSA) is 84.2 Å². The van der Waals surface area contributed by atoms with Crippen LogP contribution in [-0.2, 0) is 10.0 Å². The zero-order chi connectivity index (χ0) is 16.9. The summed E-state index contributed by atoms with van der Waals surface area (Å²) >= 11 is 0. The summed E-state index contributed by atoms with van der Waals surface area (Å²) in [4.78, 5) is 0.118. The van der Waals surface area contributed by atoms with E-state index in [1.165, 1.54) is 17.7 Å². The van der Waals surface area contributed by atoms with Gasteiger partial charge in [-0.25, -0.2) is 13.6 Å². The molecule has 0 heterocycles. The molecule has 0 unspecified atom stereocenters. The van der Waals surface area contributed by atoms with Crippen LogP contribution >= 0.6 is 0 Å². The summed E-state index contributed by atoms with van der Waals surface area (Å²) in [5.41, 5.74) is 3.30. The largest absolute Gasteiger partial charge is 0.383 e. The van der Waals surface area contributed by atoms with Crippen LogP contribution in [0, 0.1) is 0 Å². The van der Waals surface area contributed by atoms with Gasteiger partial charge in [-0.05, 0) is 41.8 Å². The Labute approximate surface area is 138 Å². The van der Waals surface area contributed by atoms with Gasteiger partial charge in [0.05, 0.1) is 4.90 Å². The highest BCUT2D eigenvalue weighted by atomic mass is 32.2. The van der Waals surface area contributed by atoms with Gasteiger partial charge >= 0.3 is 0 Å². The van der Waals surface area contributed by atoms with E-state index in [1.807, 2.05) is 12.1 Å². The van der Waals surface area contributed by atoms with Gasteiger partial charge in [-0.1, -0.05) is 32.0 Å². The number of anilines is 2. The fourth-order valence-electron chi connectivity index (χ4n) is 2.33. The van der Waals surface area contributed by atoms with Crippen molar-refractivity contribution in [2.24, 2.45) is 5.14 Å². The molecule has 0 aliphatic carbocycles. The molecule has 0 radical (unpaired) electrons. The summed E-state index contributed by atoms with van der Waals surface area (Å²) in [7, 11) is -3.63. The Balaban J connectivity index is 1.86. The van der Waals surface area contributed by atoms with E-state index >= 15 is 0 Å². The van der Waals surface area contributed by atoms with Gasteiger partial charge in [0.25, 0.3) is 0 Å². The van der Waals surface area contributed by atoms with Crippen LogP contribution in [0.5, 0.6) is 0 Å².